The van der Waals surface area contributed by atoms with Crippen LogP contribution < -0.4 is 5.73 Å². The molecule has 3 atom stereocenters. The quantitative estimate of drug-likeness (QED) is 0.862. The van der Waals surface area contributed by atoms with Gasteiger partial charge in [-0.3, -0.25) is 0 Å². The molecule has 0 aromatic heterocycles. The summed E-state index contributed by atoms with van der Waals surface area (Å²) in [5.41, 5.74) is 6.85. The highest BCUT2D eigenvalue weighted by Crippen LogP contribution is 2.44. The number of rotatable bonds is 3. The van der Waals surface area contributed by atoms with Gasteiger partial charge in [-0.2, -0.15) is 0 Å². The van der Waals surface area contributed by atoms with E-state index in [-0.39, 0.29) is 5.82 Å². The SMILES string of the molecule is CC(C)C1CCC(CN)C(c2cc(F)ccc2Cl)C1. The first-order valence-electron chi connectivity index (χ1n) is 7.18. The standard InChI is InChI=1S/C16H23ClFN/c1-10(2)11-3-4-12(9-19)14(7-11)15-8-13(18)5-6-16(15)17/h5-6,8,10-12,14H,3-4,7,9,19H2,1-2H3. The molecule has 2 rings (SSSR count). The fourth-order valence-corrected chi connectivity index (χ4v) is 3.59. The first kappa shape index (κ1) is 14.8. The van der Waals surface area contributed by atoms with Gasteiger partial charge in [0.05, 0.1) is 0 Å². The Labute approximate surface area is 120 Å². The fourth-order valence-electron chi connectivity index (χ4n) is 3.33. The Balaban J connectivity index is 2.29. The molecule has 0 heterocycles. The molecule has 1 nitrogen and oxygen atoms in total. The molecular weight excluding hydrogens is 261 g/mol. The molecule has 0 spiro atoms. The van der Waals surface area contributed by atoms with Gasteiger partial charge >= 0.3 is 0 Å². The van der Waals surface area contributed by atoms with Crippen LogP contribution in [0.4, 0.5) is 4.39 Å². The van der Waals surface area contributed by atoms with Gasteiger partial charge in [0.25, 0.3) is 0 Å². The zero-order chi connectivity index (χ0) is 14.0. The maximum absolute atomic E-state index is 13.5. The molecule has 1 aliphatic carbocycles. The third-order valence-electron chi connectivity index (χ3n) is 4.64. The summed E-state index contributed by atoms with van der Waals surface area (Å²) >= 11 is 6.27. The number of nitrogens with two attached hydrogens (primary N) is 1. The highest BCUT2D eigenvalue weighted by molar-refractivity contribution is 6.31. The van der Waals surface area contributed by atoms with Crippen LogP contribution in [0, 0.1) is 23.6 Å². The van der Waals surface area contributed by atoms with Gasteiger partial charge in [-0.05, 0) is 73.2 Å². The third-order valence-corrected chi connectivity index (χ3v) is 4.98. The highest BCUT2D eigenvalue weighted by atomic mass is 35.5. The van der Waals surface area contributed by atoms with Crippen molar-refractivity contribution in [2.24, 2.45) is 23.5 Å². The van der Waals surface area contributed by atoms with Crippen molar-refractivity contribution in [2.45, 2.75) is 39.0 Å². The van der Waals surface area contributed by atoms with E-state index in [1.807, 2.05) is 0 Å². The number of halogens is 2. The highest BCUT2D eigenvalue weighted by Gasteiger charge is 2.33. The molecule has 19 heavy (non-hydrogen) atoms. The molecule has 2 N–H and O–H groups in total. The van der Waals surface area contributed by atoms with Gasteiger partial charge in [-0.25, -0.2) is 4.39 Å². The monoisotopic (exact) mass is 283 g/mol. The minimum Gasteiger partial charge on any atom is -0.330 e. The maximum atomic E-state index is 13.5. The Morgan fingerprint density at radius 3 is 2.74 bits per heavy atom. The van der Waals surface area contributed by atoms with Gasteiger partial charge in [0.15, 0.2) is 0 Å². The lowest BCUT2D eigenvalue weighted by molar-refractivity contribution is 0.197. The molecule has 1 aromatic carbocycles. The lowest BCUT2D eigenvalue weighted by Crippen LogP contribution is -2.31. The summed E-state index contributed by atoms with van der Waals surface area (Å²) in [4.78, 5) is 0. The van der Waals surface area contributed by atoms with Crippen LogP contribution in [-0.2, 0) is 0 Å². The predicted molar refractivity (Wildman–Crippen MR) is 78.9 cm³/mol. The molecule has 106 valence electrons. The van der Waals surface area contributed by atoms with E-state index in [1.54, 1.807) is 12.1 Å². The summed E-state index contributed by atoms with van der Waals surface area (Å²) in [6.45, 7) is 5.18. The van der Waals surface area contributed by atoms with Gasteiger partial charge in [0.1, 0.15) is 5.82 Å². The van der Waals surface area contributed by atoms with E-state index in [2.05, 4.69) is 13.8 Å². The molecule has 3 unspecified atom stereocenters. The summed E-state index contributed by atoms with van der Waals surface area (Å²) in [6, 6.07) is 4.68. The van der Waals surface area contributed by atoms with Crippen molar-refractivity contribution >= 4 is 11.6 Å². The molecule has 1 aromatic rings. The molecule has 1 saturated carbocycles. The van der Waals surface area contributed by atoms with Crippen LogP contribution in [-0.4, -0.2) is 6.54 Å². The molecule has 1 fully saturated rings. The van der Waals surface area contributed by atoms with Gasteiger partial charge in [-0.1, -0.05) is 25.4 Å². The Hall–Kier alpha value is -0.600. The van der Waals surface area contributed by atoms with Crippen molar-refractivity contribution in [1.29, 1.82) is 0 Å². The Kier molecular flexibility index (Phi) is 4.86. The lowest BCUT2D eigenvalue weighted by Gasteiger charge is -2.38. The third kappa shape index (κ3) is 3.29. The molecular formula is C16H23ClFN. The Morgan fingerprint density at radius 2 is 2.11 bits per heavy atom. The van der Waals surface area contributed by atoms with E-state index >= 15 is 0 Å². The van der Waals surface area contributed by atoms with Gasteiger partial charge in [0.2, 0.25) is 0 Å². The predicted octanol–water partition coefficient (Wildman–Crippen LogP) is 4.59. The van der Waals surface area contributed by atoms with E-state index < -0.39 is 0 Å². The van der Waals surface area contributed by atoms with E-state index in [9.17, 15) is 4.39 Å². The molecule has 0 amide bonds. The smallest absolute Gasteiger partial charge is 0.123 e. The average Bonchev–Trinajstić information content (AvgIpc) is 2.40. The summed E-state index contributed by atoms with van der Waals surface area (Å²) < 4.78 is 13.5. The van der Waals surface area contributed by atoms with Crippen molar-refractivity contribution in [3.8, 4) is 0 Å². The van der Waals surface area contributed by atoms with Crippen molar-refractivity contribution in [3.05, 3.63) is 34.6 Å². The Morgan fingerprint density at radius 1 is 1.37 bits per heavy atom. The van der Waals surface area contributed by atoms with Crippen LogP contribution in [0.25, 0.3) is 0 Å². The minimum atomic E-state index is -0.207. The largest absolute Gasteiger partial charge is 0.330 e. The first-order chi connectivity index (χ1) is 9.02. The first-order valence-corrected chi connectivity index (χ1v) is 7.55. The zero-order valence-corrected chi connectivity index (χ0v) is 12.5. The van der Waals surface area contributed by atoms with E-state index in [0.717, 1.165) is 18.4 Å². The van der Waals surface area contributed by atoms with Crippen molar-refractivity contribution in [2.75, 3.05) is 6.54 Å². The zero-order valence-electron chi connectivity index (χ0n) is 11.7. The topological polar surface area (TPSA) is 26.0 Å². The number of benzene rings is 1. The van der Waals surface area contributed by atoms with Crippen LogP contribution in [0.15, 0.2) is 18.2 Å². The van der Waals surface area contributed by atoms with Crippen molar-refractivity contribution < 1.29 is 4.39 Å². The second-order valence-electron chi connectivity index (χ2n) is 6.09. The van der Waals surface area contributed by atoms with Crippen LogP contribution >= 0.6 is 11.6 Å². The summed E-state index contributed by atoms with van der Waals surface area (Å²) in [5.74, 6) is 1.87. The van der Waals surface area contributed by atoms with Gasteiger partial charge < -0.3 is 5.73 Å². The summed E-state index contributed by atoms with van der Waals surface area (Å²) in [7, 11) is 0. The van der Waals surface area contributed by atoms with E-state index in [1.165, 1.54) is 12.5 Å². The van der Waals surface area contributed by atoms with Crippen LogP contribution in [0.3, 0.4) is 0 Å². The van der Waals surface area contributed by atoms with Crippen molar-refractivity contribution in [3.63, 3.8) is 0 Å². The second kappa shape index (κ2) is 6.23. The average molecular weight is 284 g/mol. The number of hydrogen-bond acceptors (Lipinski definition) is 1. The molecule has 0 aliphatic heterocycles. The molecule has 3 heteroatoms. The molecule has 0 radical (unpaired) electrons. The van der Waals surface area contributed by atoms with Crippen molar-refractivity contribution in [1.82, 2.24) is 0 Å². The van der Waals surface area contributed by atoms with E-state index in [4.69, 9.17) is 17.3 Å². The molecule has 0 bridgehead atoms. The maximum Gasteiger partial charge on any atom is 0.123 e. The minimum absolute atomic E-state index is 0.207. The molecule has 1 aliphatic rings. The normalized spacial score (nSPS) is 27.8. The lowest BCUT2D eigenvalue weighted by atomic mass is 9.68. The second-order valence-corrected chi connectivity index (χ2v) is 6.49. The molecule has 0 saturated heterocycles. The van der Waals surface area contributed by atoms with Crippen LogP contribution in [0.5, 0.6) is 0 Å². The van der Waals surface area contributed by atoms with Gasteiger partial charge in [0, 0.05) is 5.02 Å². The summed E-state index contributed by atoms with van der Waals surface area (Å²) in [5, 5.41) is 0.675. The summed E-state index contributed by atoms with van der Waals surface area (Å²) in [6.07, 6.45) is 3.42. The van der Waals surface area contributed by atoms with Crippen LogP contribution in [0.2, 0.25) is 5.02 Å². The fraction of sp³-hybridized carbons (Fsp3) is 0.625. The van der Waals surface area contributed by atoms with Gasteiger partial charge in [-0.15, -0.1) is 0 Å². The van der Waals surface area contributed by atoms with Crippen LogP contribution in [0.1, 0.15) is 44.6 Å². The van der Waals surface area contributed by atoms with E-state index in [0.29, 0.717) is 35.2 Å². The Bertz CT molecular complexity index is 433. The number of hydrogen-bond donors (Lipinski definition) is 1.